The molecule has 1 N–H and O–H groups in total. The second-order valence-electron chi connectivity index (χ2n) is 5.53. The third-order valence-electron chi connectivity index (χ3n) is 4.11. The number of carboxylic acids is 1. The Morgan fingerprint density at radius 1 is 1.26 bits per heavy atom. The minimum Gasteiger partial charge on any atom is -0.481 e. The number of benzene rings is 2. The lowest BCUT2D eigenvalue weighted by atomic mass is 10.0. The van der Waals surface area contributed by atoms with Crippen LogP contribution >= 0.6 is 0 Å². The summed E-state index contributed by atoms with van der Waals surface area (Å²) in [7, 11) is 0. The van der Waals surface area contributed by atoms with Gasteiger partial charge in [0, 0.05) is 11.3 Å². The molecule has 0 saturated heterocycles. The number of amides is 1. The molecule has 1 aliphatic rings. The Hall–Kier alpha value is -3.13. The molecule has 23 heavy (non-hydrogen) atoms. The van der Waals surface area contributed by atoms with Gasteiger partial charge >= 0.3 is 5.97 Å². The van der Waals surface area contributed by atoms with Gasteiger partial charge in [0.25, 0.3) is 5.91 Å². The summed E-state index contributed by atoms with van der Waals surface area (Å²) in [4.78, 5) is 25.1. The van der Waals surface area contributed by atoms with E-state index in [2.05, 4.69) is 6.07 Å². The highest BCUT2D eigenvalue weighted by atomic mass is 16.4. The molecule has 114 valence electrons. The zero-order valence-electron chi connectivity index (χ0n) is 12.5. The van der Waals surface area contributed by atoms with E-state index in [1.54, 1.807) is 54.3 Å². The fourth-order valence-corrected chi connectivity index (χ4v) is 2.68. The van der Waals surface area contributed by atoms with Crippen LogP contribution in [-0.2, 0) is 11.3 Å². The van der Waals surface area contributed by atoms with Crippen molar-refractivity contribution in [2.75, 3.05) is 4.90 Å². The molecule has 0 aliphatic carbocycles. The van der Waals surface area contributed by atoms with Crippen LogP contribution in [0.25, 0.3) is 0 Å². The number of fused-ring (bicyclic) bond motifs is 1. The summed E-state index contributed by atoms with van der Waals surface area (Å²) in [5.74, 6) is -1.58. The van der Waals surface area contributed by atoms with E-state index in [1.807, 2.05) is 0 Å². The second-order valence-corrected chi connectivity index (χ2v) is 5.53. The van der Waals surface area contributed by atoms with Crippen molar-refractivity contribution in [1.29, 1.82) is 5.26 Å². The quantitative estimate of drug-likeness (QED) is 0.945. The van der Waals surface area contributed by atoms with Crippen molar-refractivity contribution in [2.45, 2.75) is 19.4 Å². The van der Waals surface area contributed by atoms with E-state index < -0.39 is 11.9 Å². The molecule has 0 radical (unpaired) electrons. The predicted molar refractivity (Wildman–Crippen MR) is 84.2 cm³/mol. The van der Waals surface area contributed by atoms with E-state index in [9.17, 15) is 9.59 Å². The number of carbonyl (C=O) groups is 2. The maximum atomic E-state index is 12.5. The standard InChI is InChI=1S/C18H14N2O3/c1-11(18(22)23)13-3-5-15(6-4-13)20-10-14-8-12(9-19)2-7-16(14)17(20)21/h2-8,11H,10H2,1H3,(H,22,23). The smallest absolute Gasteiger partial charge is 0.310 e. The van der Waals surface area contributed by atoms with Gasteiger partial charge in [0.1, 0.15) is 0 Å². The van der Waals surface area contributed by atoms with Crippen molar-refractivity contribution >= 4 is 17.6 Å². The van der Waals surface area contributed by atoms with E-state index in [0.29, 0.717) is 28.9 Å². The number of nitriles is 1. The molecule has 0 spiro atoms. The summed E-state index contributed by atoms with van der Waals surface area (Å²) in [6.45, 7) is 2.04. The first-order chi connectivity index (χ1) is 11.0. The van der Waals surface area contributed by atoms with E-state index in [0.717, 1.165) is 5.56 Å². The van der Waals surface area contributed by atoms with Crippen molar-refractivity contribution in [2.24, 2.45) is 0 Å². The largest absolute Gasteiger partial charge is 0.481 e. The fraction of sp³-hybridized carbons (Fsp3) is 0.167. The average Bonchev–Trinajstić information content (AvgIpc) is 2.90. The Bertz CT molecular complexity index is 834. The van der Waals surface area contributed by atoms with Crippen molar-refractivity contribution in [3.63, 3.8) is 0 Å². The van der Waals surface area contributed by atoms with E-state index in [-0.39, 0.29) is 5.91 Å². The molecule has 0 bridgehead atoms. The lowest BCUT2D eigenvalue weighted by molar-refractivity contribution is -0.138. The van der Waals surface area contributed by atoms with Crippen LogP contribution in [-0.4, -0.2) is 17.0 Å². The summed E-state index contributed by atoms with van der Waals surface area (Å²) in [6.07, 6.45) is 0. The van der Waals surface area contributed by atoms with Gasteiger partial charge in [-0.05, 0) is 48.4 Å². The van der Waals surface area contributed by atoms with Crippen molar-refractivity contribution in [3.05, 3.63) is 64.7 Å². The summed E-state index contributed by atoms with van der Waals surface area (Å²) in [6, 6.07) is 14.1. The number of carboxylic acid groups (broad SMARTS) is 1. The highest BCUT2D eigenvalue weighted by Crippen LogP contribution is 2.30. The Labute approximate surface area is 133 Å². The van der Waals surface area contributed by atoms with Gasteiger partial charge in [0.05, 0.1) is 24.1 Å². The summed E-state index contributed by atoms with van der Waals surface area (Å²) < 4.78 is 0. The van der Waals surface area contributed by atoms with Gasteiger partial charge < -0.3 is 10.0 Å². The SMILES string of the molecule is CC(C(=O)O)c1ccc(N2Cc3cc(C#N)ccc3C2=O)cc1. The molecular weight excluding hydrogens is 292 g/mol. The topological polar surface area (TPSA) is 81.4 Å². The van der Waals surface area contributed by atoms with Gasteiger partial charge in [0.15, 0.2) is 0 Å². The minimum absolute atomic E-state index is 0.108. The zero-order chi connectivity index (χ0) is 16.6. The fourth-order valence-electron chi connectivity index (χ4n) is 2.68. The van der Waals surface area contributed by atoms with Crippen LogP contribution in [0.5, 0.6) is 0 Å². The molecule has 5 nitrogen and oxygen atoms in total. The molecule has 0 fully saturated rings. The molecule has 1 heterocycles. The molecule has 2 aromatic carbocycles. The number of aliphatic carboxylic acids is 1. The highest BCUT2D eigenvalue weighted by molar-refractivity contribution is 6.10. The van der Waals surface area contributed by atoms with Gasteiger partial charge in [0.2, 0.25) is 0 Å². The van der Waals surface area contributed by atoms with E-state index in [4.69, 9.17) is 10.4 Å². The lowest BCUT2D eigenvalue weighted by Crippen LogP contribution is -2.23. The Balaban J connectivity index is 1.88. The molecule has 1 aliphatic heterocycles. The lowest BCUT2D eigenvalue weighted by Gasteiger charge is -2.16. The molecule has 3 rings (SSSR count). The van der Waals surface area contributed by atoms with Crippen LogP contribution in [0, 0.1) is 11.3 Å². The Kier molecular flexibility index (Phi) is 3.59. The third kappa shape index (κ3) is 2.55. The normalized spacial score (nSPS) is 14.3. The zero-order valence-corrected chi connectivity index (χ0v) is 12.5. The number of anilines is 1. The minimum atomic E-state index is -0.883. The second kappa shape index (κ2) is 5.58. The summed E-state index contributed by atoms with van der Waals surface area (Å²) >= 11 is 0. The van der Waals surface area contributed by atoms with Crippen LogP contribution in [0.1, 0.15) is 39.9 Å². The highest BCUT2D eigenvalue weighted by Gasteiger charge is 2.28. The molecule has 0 aromatic heterocycles. The van der Waals surface area contributed by atoms with Crippen molar-refractivity contribution < 1.29 is 14.7 Å². The van der Waals surface area contributed by atoms with Gasteiger partial charge in [-0.15, -0.1) is 0 Å². The maximum absolute atomic E-state index is 12.5. The van der Waals surface area contributed by atoms with E-state index >= 15 is 0 Å². The number of nitrogens with zero attached hydrogens (tertiary/aromatic N) is 2. The van der Waals surface area contributed by atoms with Crippen LogP contribution in [0.4, 0.5) is 5.69 Å². The maximum Gasteiger partial charge on any atom is 0.310 e. The molecule has 1 atom stereocenters. The van der Waals surface area contributed by atoms with Crippen LogP contribution < -0.4 is 4.90 Å². The molecular formula is C18H14N2O3. The van der Waals surface area contributed by atoms with Gasteiger partial charge in [-0.1, -0.05) is 12.1 Å². The third-order valence-corrected chi connectivity index (χ3v) is 4.11. The number of carbonyl (C=O) groups excluding carboxylic acids is 1. The predicted octanol–water partition coefficient (Wildman–Crippen LogP) is 2.91. The molecule has 5 heteroatoms. The van der Waals surface area contributed by atoms with Gasteiger partial charge in [-0.2, -0.15) is 5.26 Å². The first-order valence-electron chi connectivity index (χ1n) is 7.19. The Morgan fingerprint density at radius 3 is 2.57 bits per heavy atom. The molecule has 1 amide bonds. The van der Waals surface area contributed by atoms with Crippen molar-refractivity contribution in [1.82, 2.24) is 0 Å². The summed E-state index contributed by atoms with van der Waals surface area (Å²) in [5.41, 5.74) is 3.37. The number of hydrogen-bond donors (Lipinski definition) is 1. The van der Waals surface area contributed by atoms with Gasteiger partial charge in [-0.3, -0.25) is 9.59 Å². The molecule has 1 unspecified atom stereocenters. The Morgan fingerprint density at radius 2 is 1.96 bits per heavy atom. The average molecular weight is 306 g/mol. The van der Waals surface area contributed by atoms with Crippen LogP contribution in [0.2, 0.25) is 0 Å². The van der Waals surface area contributed by atoms with Crippen LogP contribution in [0.15, 0.2) is 42.5 Å². The monoisotopic (exact) mass is 306 g/mol. The first kappa shape index (κ1) is 14.8. The summed E-state index contributed by atoms with van der Waals surface area (Å²) in [5, 5.41) is 18.0. The van der Waals surface area contributed by atoms with Crippen molar-refractivity contribution in [3.8, 4) is 6.07 Å². The van der Waals surface area contributed by atoms with Crippen LogP contribution in [0.3, 0.4) is 0 Å². The van der Waals surface area contributed by atoms with E-state index in [1.165, 1.54) is 0 Å². The van der Waals surface area contributed by atoms with Gasteiger partial charge in [-0.25, -0.2) is 0 Å². The molecule has 2 aromatic rings. The number of hydrogen-bond acceptors (Lipinski definition) is 3. The molecule has 0 saturated carbocycles. The number of rotatable bonds is 3. The first-order valence-corrected chi connectivity index (χ1v) is 7.19.